The lowest BCUT2D eigenvalue weighted by Crippen LogP contribution is -2.37. The molecule has 5 heteroatoms. The van der Waals surface area contributed by atoms with Crippen molar-refractivity contribution in [2.75, 3.05) is 4.90 Å². The number of nitrogens with two attached hydrogens (primary N) is 1. The van der Waals surface area contributed by atoms with E-state index in [1.165, 1.54) is 0 Å². The van der Waals surface area contributed by atoms with Crippen LogP contribution >= 0.6 is 23.2 Å². The molecule has 1 aliphatic heterocycles. The topological polar surface area (TPSA) is 46.3 Å². The number of halogens is 2. The van der Waals surface area contributed by atoms with Crippen LogP contribution in [-0.2, 0) is 4.79 Å². The number of carbonyl (C=O) groups is 1. The Hall–Kier alpha value is -0.770. The van der Waals surface area contributed by atoms with Crippen LogP contribution in [0.1, 0.15) is 13.3 Å². The van der Waals surface area contributed by atoms with Gasteiger partial charge in [0.25, 0.3) is 0 Å². The molecule has 0 radical (unpaired) electrons. The summed E-state index contributed by atoms with van der Waals surface area (Å²) in [4.78, 5) is 13.4. The molecule has 1 aromatic rings. The molecule has 0 spiro atoms. The number of carbonyl (C=O) groups excluding carboxylic acids is 1. The van der Waals surface area contributed by atoms with Crippen molar-refractivity contribution in [1.29, 1.82) is 0 Å². The summed E-state index contributed by atoms with van der Waals surface area (Å²) in [5.74, 6) is 0.0263. The van der Waals surface area contributed by atoms with Gasteiger partial charge in [-0.1, -0.05) is 23.2 Å². The van der Waals surface area contributed by atoms with Crippen molar-refractivity contribution in [3.63, 3.8) is 0 Å². The predicted octanol–water partition coefficient (Wildman–Crippen LogP) is 2.45. The van der Waals surface area contributed by atoms with Crippen LogP contribution in [0.15, 0.2) is 18.2 Å². The molecule has 0 bridgehead atoms. The molecule has 1 amide bonds. The molecular formula is C11H12Cl2N2O. The quantitative estimate of drug-likeness (QED) is 0.841. The molecular weight excluding hydrogens is 247 g/mol. The van der Waals surface area contributed by atoms with E-state index in [-0.39, 0.29) is 18.0 Å². The zero-order chi connectivity index (χ0) is 11.9. The van der Waals surface area contributed by atoms with Crippen molar-refractivity contribution in [1.82, 2.24) is 0 Å². The van der Waals surface area contributed by atoms with E-state index >= 15 is 0 Å². The van der Waals surface area contributed by atoms with Crippen molar-refractivity contribution in [2.24, 2.45) is 5.73 Å². The fourth-order valence-electron chi connectivity index (χ4n) is 1.90. The minimum Gasteiger partial charge on any atom is -0.325 e. The fourth-order valence-corrected chi connectivity index (χ4v) is 2.20. The molecule has 0 aromatic heterocycles. The first-order valence-electron chi connectivity index (χ1n) is 5.03. The summed E-state index contributed by atoms with van der Waals surface area (Å²) in [6.45, 7) is 1.93. The van der Waals surface area contributed by atoms with E-state index < -0.39 is 0 Å². The highest BCUT2D eigenvalue weighted by Crippen LogP contribution is 2.31. The van der Waals surface area contributed by atoms with Gasteiger partial charge in [-0.3, -0.25) is 4.79 Å². The Balaban J connectivity index is 2.37. The zero-order valence-corrected chi connectivity index (χ0v) is 10.3. The van der Waals surface area contributed by atoms with E-state index in [9.17, 15) is 4.79 Å². The minimum atomic E-state index is -0.123. The van der Waals surface area contributed by atoms with Gasteiger partial charge >= 0.3 is 0 Å². The van der Waals surface area contributed by atoms with Gasteiger partial charge in [-0.25, -0.2) is 0 Å². The maximum absolute atomic E-state index is 11.8. The summed E-state index contributed by atoms with van der Waals surface area (Å²) < 4.78 is 0. The highest BCUT2D eigenvalue weighted by atomic mass is 35.5. The third-order valence-corrected chi connectivity index (χ3v) is 3.63. The summed E-state index contributed by atoms with van der Waals surface area (Å²) in [5, 5.41) is 0.925. The molecule has 2 atom stereocenters. The van der Waals surface area contributed by atoms with Gasteiger partial charge in [0.05, 0.1) is 10.0 Å². The van der Waals surface area contributed by atoms with E-state index in [1.54, 1.807) is 23.1 Å². The summed E-state index contributed by atoms with van der Waals surface area (Å²) in [5.41, 5.74) is 6.59. The monoisotopic (exact) mass is 258 g/mol. The van der Waals surface area contributed by atoms with Crippen LogP contribution in [0.3, 0.4) is 0 Å². The van der Waals surface area contributed by atoms with Crippen molar-refractivity contribution in [3.8, 4) is 0 Å². The average molecular weight is 259 g/mol. The number of hydrogen-bond acceptors (Lipinski definition) is 2. The van der Waals surface area contributed by atoms with E-state index in [4.69, 9.17) is 28.9 Å². The highest BCUT2D eigenvalue weighted by Gasteiger charge is 2.35. The SMILES string of the molecule is CC1C(N)CC(=O)N1c1ccc(Cl)c(Cl)c1. The van der Waals surface area contributed by atoms with E-state index in [0.29, 0.717) is 16.5 Å². The van der Waals surface area contributed by atoms with Crippen LogP contribution < -0.4 is 10.6 Å². The molecule has 1 aromatic carbocycles. The molecule has 86 valence electrons. The van der Waals surface area contributed by atoms with Crippen LogP contribution in [0.5, 0.6) is 0 Å². The smallest absolute Gasteiger partial charge is 0.228 e. The summed E-state index contributed by atoms with van der Waals surface area (Å²) in [6.07, 6.45) is 0.376. The molecule has 1 aliphatic rings. The van der Waals surface area contributed by atoms with Crippen molar-refractivity contribution in [3.05, 3.63) is 28.2 Å². The fraction of sp³-hybridized carbons (Fsp3) is 0.364. The third kappa shape index (κ3) is 1.90. The van der Waals surface area contributed by atoms with Crippen molar-refractivity contribution >= 4 is 34.8 Å². The van der Waals surface area contributed by atoms with Crippen LogP contribution in [0, 0.1) is 0 Å². The molecule has 2 unspecified atom stereocenters. The lowest BCUT2D eigenvalue weighted by Gasteiger charge is -2.23. The van der Waals surface area contributed by atoms with Crippen molar-refractivity contribution in [2.45, 2.75) is 25.4 Å². The third-order valence-electron chi connectivity index (χ3n) is 2.89. The molecule has 1 heterocycles. The summed E-state index contributed by atoms with van der Waals surface area (Å²) in [6, 6.07) is 5.02. The van der Waals surface area contributed by atoms with Gasteiger partial charge in [0.1, 0.15) is 0 Å². The second-order valence-electron chi connectivity index (χ2n) is 3.97. The van der Waals surface area contributed by atoms with Crippen LogP contribution in [0.2, 0.25) is 10.0 Å². The number of benzene rings is 1. The lowest BCUT2D eigenvalue weighted by molar-refractivity contribution is -0.117. The van der Waals surface area contributed by atoms with Crippen molar-refractivity contribution < 1.29 is 4.79 Å². The van der Waals surface area contributed by atoms with Gasteiger partial charge in [0.2, 0.25) is 5.91 Å². The highest BCUT2D eigenvalue weighted by molar-refractivity contribution is 6.42. The predicted molar refractivity (Wildman–Crippen MR) is 66.0 cm³/mol. The summed E-state index contributed by atoms with van der Waals surface area (Å²) in [7, 11) is 0. The number of nitrogens with zero attached hydrogens (tertiary/aromatic N) is 1. The first-order valence-corrected chi connectivity index (χ1v) is 5.79. The largest absolute Gasteiger partial charge is 0.325 e. The lowest BCUT2D eigenvalue weighted by atomic mass is 10.1. The number of amides is 1. The molecule has 1 saturated heterocycles. The Labute approximate surface area is 104 Å². The minimum absolute atomic E-state index is 0.00950. The Morgan fingerprint density at radius 3 is 2.56 bits per heavy atom. The number of hydrogen-bond donors (Lipinski definition) is 1. The zero-order valence-electron chi connectivity index (χ0n) is 8.78. The second kappa shape index (κ2) is 4.24. The van der Waals surface area contributed by atoms with E-state index in [0.717, 1.165) is 5.69 Å². The normalized spacial score (nSPS) is 25.2. The number of anilines is 1. The van der Waals surface area contributed by atoms with Gasteiger partial charge in [-0.15, -0.1) is 0 Å². The second-order valence-corrected chi connectivity index (χ2v) is 4.79. The van der Waals surface area contributed by atoms with Gasteiger partial charge in [-0.2, -0.15) is 0 Å². The first-order chi connectivity index (χ1) is 7.50. The molecule has 3 nitrogen and oxygen atoms in total. The van der Waals surface area contributed by atoms with Crippen LogP contribution in [-0.4, -0.2) is 18.0 Å². The maximum atomic E-state index is 11.8. The summed E-state index contributed by atoms with van der Waals surface area (Å²) >= 11 is 11.8. The molecule has 16 heavy (non-hydrogen) atoms. The standard InChI is InChI=1S/C11H12Cl2N2O/c1-6-10(14)5-11(16)15(6)7-2-3-8(12)9(13)4-7/h2-4,6,10H,5,14H2,1H3. The first kappa shape index (κ1) is 11.7. The van der Waals surface area contributed by atoms with Gasteiger partial charge in [-0.05, 0) is 25.1 Å². The Morgan fingerprint density at radius 2 is 2.06 bits per heavy atom. The molecule has 1 fully saturated rings. The van der Waals surface area contributed by atoms with Gasteiger partial charge < -0.3 is 10.6 Å². The Kier molecular flexibility index (Phi) is 3.10. The van der Waals surface area contributed by atoms with Gasteiger partial charge in [0.15, 0.2) is 0 Å². The molecule has 0 saturated carbocycles. The molecule has 2 rings (SSSR count). The maximum Gasteiger partial charge on any atom is 0.228 e. The Morgan fingerprint density at radius 1 is 1.38 bits per heavy atom. The van der Waals surface area contributed by atoms with Gasteiger partial charge in [0, 0.05) is 24.2 Å². The van der Waals surface area contributed by atoms with Crippen LogP contribution in [0.4, 0.5) is 5.69 Å². The average Bonchev–Trinajstić information content (AvgIpc) is 2.47. The van der Waals surface area contributed by atoms with E-state index in [1.807, 2.05) is 6.92 Å². The van der Waals surface area contributed by atoms with E-state index in [2.05, 4.69) is 0 Å². The number of rotatable bonds is 1. The Bertz CT molecular complexity index is 436. The van der Waals surface area contributed by atoms with Crippen LogP contribution in [0.25, 0.3) is 0 Å². The molecule has 0 aliphatic carbocycles. The molecule has 2 N–H and O–H groups in total.